The molecule has 10 bridgehead atoms. The first-order chi connectivity index (χ1) is 30.7. The van der Waals surface area contributed by atoms with Crippen molar-refractivity contribution in [3.8, 4) is 67.3 Å². The van der Waals surface area contributed by atoms with Gasteiger partial charge in [-0.2, -0.15) is 0 Å². The van der Waals surface area contributed by atoms with Crippen LogP contribution in [0.4, 0.5) is 17.1 Å². The maximum Gasteiger partial charge on any atom is 0.160 e. The van der Waals surface area contributed by atoms with Crippen LogP contribution in [0.15, 0.2) is 237 Å². The predicted octanol–water partition coefficient (Wildman–Crippen LogP) is 15.0. The summed E-state index contributed by atoms with van der Waals surface area (Å²) in [4.78, 5) is 12.8. The third-order valence-electron chi connectivity index (χ3n) is 12.7. The summed E-state index contributed by atoms with van der Waals surface area (Å²) in [5.41, 5.74) is 19.6. The number of aromatic nitrogens is 2. The van der Waals surface area contributed by atoms with Gasteiger partial charge in [0, 0.05) is 33.8 Å². The Kier molecular flexibility index (Phi) is 8.39. The van der Waals surface area contributed by atoms with Gasteiger partial charge in [0.05, 0.1) is 16.8 Å². The third kappa shape index (κ3) is 5.82. The minimum atomic E-state index is -0.521. The smallest absolute Gasteiger partial charge is 0.160 e. The molecule has 0 saturated carbocycles. The van der Waals surface area contributed by atoms with Crippen LogP contribution < -0.4 is 4.90 Å². The van der Waals surface area contributed by atoms with Crippen molar-refractivity contribution in [3.05, 3.63) is 259 Å². The SMILES string of the molecule is c1ccc(-c2cc3nc(n2)-c2cccc(c2)-c2cccc(c2)N(c2ccc4c(c2)C(c2ccccc2)(c2ccccc2)c2ccccc2-4)c2cccc(c2)-c2cccc-3c2)cc1. The van der Waals surface area contributed by atoms with E-state index < -0.39 is 5.41 Å². The van der Waals surface area contributed by atoms with Crippen molar-refractivity contribution in [2.24, 2.45) is 0 Å². The lowest BCUT2D eigenvalue weighted by Crippen LogP contribution is -2.28. The number of nitrogens with zero attached hydrogens (tertiary/aromatic N) is 3. The van der Waals surface area contributed by atoms with E-state index in [9.17, 15) is 0 Å². The molecule has 0 fully saturated rings. The zero-order valence-corrected chi connectivity index (χ0v) is 33.9. The highest BCUT2D eigenvalue weighted by Crippen LogP contribution is 2.57. The molecule has 2 heterocycles. The maximum absolute atomic E-state index is 5.23. The van der Waals surface area contributed by atoms with E-state index in [4.69, 9.17) is 9.97 Å². The molecule has 0 radical (unpaired) electrons. The Morgan fingerprint density at radius 2 is 0.742 bits per heavy atom. The van der Waals surface area contributed by atoms with Crippen molar-refractivity contribution in [1.82, 2.24) is 9.97 Å². The summed E-state index contributed by atoms with van der Waals surface area (Å²) >= 11 is 0. The Morgan fingerprint density at radius 3 is 1.39 bits per heavy atom. The summed E-state index contributed by atoms with van der Waals surface area (Å²) in [7, 11) is 0. The fraction of sp³-hybridized carbons (Fsp3) is 0.0169. The number of benzene rings is 9. The van der Waals surface area contributed by atoms with Crippen LogP contribution >= 0.6 is 0 Å². The van der Waals surface area contributed by atoms with E-state index in [1.807, 2.05) is 6.07 Å². The van der Waals surface area contributed by atoms with Gasteiger partial charge in [-0.15, -0.1) is 0 Å². The van der Waals surface area contributed by atoms with E-state index in [2.05, 4.69) is 235 Å². The molecular formula is C59H39N3. The first-order valence-electron chi connectivity index (χ1n) is 21.2. The first-order valence-corrected chi connectivity index (χ1v) is 21.2. The topological polar surface area (TPSA) is 29.0 Å². The van der Waals surface area contributed by atoms with Crippen molar-refractivity contribution in [2.75, 3.05) is 4.90 Å². The number of rotatable bonds is 4. The Morgan fingerprint density at radius 1 is 0.290 bits per heavy atom. The molecule has 3 nitrogen and oxygen atoms in total. The third-order valence-corrected chi connectivity index (χ3v) is 12.7. The molecule has 0 unspecified atom stereocenters. The summed E-state index contributed by atoms with van der Waals surface area (Å²) < 4.78 is 0. The standard InChI is InChI=1S/C59H39N3/c1-4-16-40(17-5-1)56-39-57-45-22-12-18-41(34-45)43-20-14-28-49(36-43)62(50-29-15-21-44(37-50)42-19-13-23-46(35-42)58(60-56)61-57)51-32-33-53-52-30-10-11-31-54(52)59(55(53)38-51,47-24-6-2-7-25-47)48-26-8-3-9-27-48/h1-39H. The highest BCUT2D eigenvalue weighted by molar-refractivity contribution is 5.91. The van der Waals surface area contributed by atoms with E-state index in [1.165, 1.54) is 33.4 Å². The molecule has 0 saturated heterocycles. The lowest BCUT2D eigenvalue weighted by atomic mass is 9.67. The van der Waals surface area contributed by atoms with Gasteiger partial charge in [-0.3, -0.25) is 0 Å². The molecule has 10 aromatic rings. The van der Waals surface area contributed by atoms with E-state index in [-0.39, 0.29) is 0 Å². The van der Waals surface area contributed by atoms with E-state index in [0.29, 0.717) is 5.82 Å². The summed E-state index contributed by atoms with van der Waals surface area (Å²) in [6.45, 7) is 0. The van der Waals surface area contributed by atoms with Crippen LogP contribution in [0.1, 0.15) is 22.3 Å². The molecule has 1 aliphatic heterocycles. The average molecular weight is 790 g/mol. The molecule has 1 aliphatic carbocycles. The zero-order chi connectivity index (χ0) is 41.0. The number of hydrogen-bond acceptors (Lipinski definition) is 3. The molecule has 12 rings (SSSR count). The molecule has 9 aromatic carbocycles. The summed E-state index contributed by atoms with van der Waals surface area (Å²) in [5, 5.41) is 0. The van der Waals surface area contributed by atoms with Crippen molar-refractivity contribution in [2.45, 2.75) is 5.41 Å². The molecule has 290 valence electrons. The highest BCUT2D eigenvalue weighted by Gasteiger charge is 2.46. The highest BCUT2D eigenvalue weighted by atomic mass is 15.1. The number of anilines is 3. The quantitative estimate of drug-likeness (QED) is 0.178. The van der Waals surface area contributed by atoms with Gasteiger partial charge in [0.2, 0.25) is 0 Å². The second-order valence-corrected chi connectivity index (χ2v) is 16.2. The number of hydrogen-bond donors (Lipinski definition) is 0. The molecule has 0 atom stereocenters. The van der Waals surface area contributed by atoms with Crippen LogP contribution in [0.2, 0.25) is 0 Å². The van der Waals surface area contributed by atoms with Gasteiger partial charge in [-0.05, 0) is 110 Å². The van der Waals surface area contributed by atoms with Crippen LogP contribution in [0.25, 0.3) is 67.3 Å². The zero-order valence-electron chi connectivity index (χ0n) is 33.9. The molecule has 0 amide bonds. The molecular weight excluding hydrogens is 751 g/mol. The molecule has 62 heavy (non-hydrogen) atoms. The van der Waals surface area contributed by atoms with Crippen LogP contribution in [0, 0.1) is 0 Å². The molecule has 0 N–H and O–H groups in total. The monoisotopic (exact) mass is 789 g/mol. The van der Waals surface area contributed by atoms with Gasteiger partial charge in [0.1, 0.15) is 0 Å². The predicted molar refractivity (Wildman–Crippen MR) is 255 cm³/mol. The van der Waals surface area contributed by atoms with E-state index >= 15 is 0 Å². The summed E-state index contributed by atoms with van der Waals surface area (Å²) in [6, 6.07) is 85.8. The Balaban J connectivity index is 1.10. The Hall–Kier alpha value is -8.14. The van der Waals surface area contributed by atoms with Crippen LogP contribution in [0.5, 0.6) is 0 Å². The molecule has 2 aliphatic rings. The lowest BCUT2D eigenvalue weighted by Gasteiger charge is -2.35. The average Bonchev–Trinajstić information content (AvgIpc) is 3.65. The van der Waals surface area contributed by atoms with Crippen LogP contribution in [-0.4, -0.2) is 9.97 Å². The van der Waals surface area contributed by atoms with Crippen molar-refractivity contribution < 1.29 is 0 Å². The van der Waals surface area contributed by atoms with Crippen LogP contribution in [-0.2, 0) is 5.41 Å². The van der Waals surface area contributed by atoms with Crippen molar-refractivity contribution in [1.29, 1.82) is 0 Å². The minimum Gasteiger partial charge on any atom is -0.310 e. The normalized spacial score (nSPS) is 12.9. The van der Waals surface area contributed by atoms with Gasteiger partial charge in [-0.1, -0.05) is 182 Å². The fourth-order valence-corrected chi connectivity index (χ4v) is 9.84. The van der Waals surface area contributed by atoms with Gasteiger partial charge < -0.3 is 4.90 Å². The maximum atomic E-state index is 5.23. The summed E-state index contributed by atoms with van der Waals surface area (Å²) in [5.74, 6) is 0.694. The van der Waals surface area contributed by atoms with Gasteiger partial charge in [0.15, 0.2) is 5.82 Å². The first kappa shape index (κ1) is 35.8. The Labute approximate surface area is 361 Å². The molecule has 1 aromatic heterocycles. The second-order valence-electron chi connectivity index (χ2n) is 16.2. The van der Waals surface area contributed by atoms with Crippen molar-refractivity contribution >= 4 is 17.1 Å². The summed E-state index contributed by atoms with van der Waals surface area (Å²) in [6.07, 6.45) is 0. The molecule has 0 spiro atoms. The van der Waals surface area contributed by atoms with Gasteiger partial charge >= 0.3 is 0 Å². The Bertz CT molecular complexity index is 3150. The van der Waals surface area contributed by atoms with Crippen LogP contribution in [0.3, 0.4) is 0 Å². The van der Waals surface area contributed by atoms with Gasteiger partial charge in [-0.25, -0.2) is 9.97 Å². The van der Waals surface area contributed by atoms with E-state index in [1.54, 1.807) is 0 Å². The molecule has 3 heteroatoms. The lowest BCUT2D eigenvalue weighted by molar-refractivity contribution is 0.768. The van der Waals surface area contributed by atoms with Gasteiger partial charge in [0.25, 0.3) is 0 Å². The van der Waals surface area contributed by atoms with Crippen molar-refractivity contribution in [3.63, 3.8) is 0 Å². The largest absolute Gasteiger partial charge is 0.310 e. The minimum absolute atomic E-state index is 0.521. The fourth-order valence-electron chi connectivity index (χ4n) is 9.84. The van der Waals surface area contributed by atoms with E-state index in [0.717, 1.165) is 67.4 Å². The number of fused-ring (bicyclic) bond motifs is 17. The second kappa shape index (κ2) is 14.5.